The van der Waals surface area contributed by atoms with Crippen molar-refractivity contribution in [2.24, 2.45) is 0 Å². The Bertz CT molecular complexity index is 854. The van der Waals surface area contributed by atoms with Crippen LogP contribution in [-0.2, 0) is 16.1 Å². The Hall–Kier alpha value is -2.96. The molecular formula is C19H21NO6. The van der Waals surface area contributed by atoms with Gasteiger partial charge in [0.2, 0.25) is 6.79 Å². The van der Waals surface area contributed by atoms with Gasteiger partial charge >= 0.3 is 5.97 Å². The summed E-state index contributed by atoms with van der Waals surface area (Å²) in [4.78, 5) is 24.5. The Kier molecular flexibility index (Phi) is 4.88. The number of hydrogen-bond acceptors (Lipinski definition) is 6. The van der Waals surface area contributed by atoms with E-state index in [2.05, 4.69) is 5.32 Å². The number of fused-ring (bicyclic) bond motifs is 1. The van der Waals surface area contributed by atoms with Gasteiger partial charge in [0.05, 0.1) is 0 Å². The molecule has 0 saturated carbocycles. The van der Waals surface area contributed by atoms with Crippen LogP contribution < -0.4 is 14.8 Å². The van der Waals surface area contributed by atoms with Gasteiger partial charge in [-0.3, -0.25) is 4.79 Å². The van der Waals surface area contributed by atoms with E-state index in [9.17, 15) is 9.59 Å². The molecule has 0 unspecified atom stereocenters. The standard InChI is InChI=1S/C19H21NO6/c1-10-11(2)25-12(3)17(10)19(22)26-13(4)18(21)20-8-14-5-6-15-16(7-14)24-9-23-15/h5-7,13H,8-9H2,1-4H3,(H,20,21)/t13-/m1/s1. The first-order valence-electron chi connectivity index (χ1n) is 8.30. The lowest BCUT2D eigenvalue weighted by Crippen LogP contribution is -2.35. The van der Waals surface area contributed by atoms with Crippen molar-refractivity contribution >= 4 is 11.9 Å². The van der Waals surface area contributed by atoms with Crippen molar-refractivity contribution in [1.82, 2.24) is 5.32 Å². The van der Waals surface area contributed by atoms with E-state index < -0.39 is 12.1 Å². The molecule has 1 aliphatic rings. The SMILES string of the molecule is Cc1oc(C)c(C(=O)O[C@H](C)C(=O)NCc2ccc3c(c2)OCO3)c1C. The molecule has 3 rings (SSSR count). The van der Waals surface area contributed by atoms with Gasteiger partial charge in [0, 0.05) is 12.1 Å². The van der Waals surface area contributed by atoms with Crippen molar-refractivity contribution in [2.45, 2.75) is 40.3 Å². The maximum atomic E-state index is 12.3. The lowest BCUT2D eigenvalue weighted by Gasteiger charge is -2.14. The number of aryl methyl sites for hydroxylation is 2. The molecule has 2 heterocycles. The minimum Gasteiger partial charge on any atom is -0.465 e. The molecule has 7 nitrogen and oxygen atoms in total. The first-order chi connectivity index (χ1) is 12.4. The van der Waals surface area contributed by atoms with Crippen LogP contribution in [0.4, 0.5) is 0 Å². The van der Waals surface area contributed by atoms with Crippen LogP contribution in [0.25, 0.3) is 0 Å². The van der Waals surface area contributed by atoms with Crippen LogP contribution in [0.2, 0.25) is 0 Å². The number of hydrogen-bond donors (Lipinski definition) is 1. The lowest BCUT2D eigenvalue weighted by atomic mass is 10.1. The summed E-state index contributed by atoms with van der Waals surface area (Å²) in [5.74, 6) is 1.53. The highest BCUT2D eigenvalue weighted by Crippen LogP contribution is 2.32. The molecule has 0 fully saturated rings. The second kappa shape index (κ2) is 7.11. The molecule has 0 aliphatic carbocycles. The largest absolute Gasteiger partial charge is 0.465 e. The van der Waals surface area contributed by atoms with E-state index in [4.69, 9.17) is 18.6 Å². The zero-order chi connectivity index (χ0) is 18.8. The molecule has 0 spiro atoms. The molecule has 1 N–H and O–H groups in total. The minimum atomic E-state index is -0.925. The first kappa shape index (κ1) is 17.8. The van der Waals surface area contributed by atoms with Crippen LogP contribution >= 0.6 is 0 Å². The summed E-state index contributed by atoms with van der Waals surface area (Å²) in [6, 6.07) is 5.44. The number of furan rings is 1. The van der Waals surface area contributed by atoms with Crippen LogP contribution in [0.15, 0.2) is 22.6 Å². The second-order valence-electron chi connectivity index (χ2n) is 6.17. The molecule has 7 heteroatoms. The molecule has 1 atom stereocenters. The molecule has 0 radical (unpaired) electrons. The number of amides is 1. The van der Waals surface area contributed by atoms with E-state index in [1.54, 1.807) is 32.9 Å². The van der Waals surface area contributed by atoms with E-state index in [1.807, 2.05) is 6.07 Å². The highest BCUT2D eigenvalue weighted by molar-refractivity contribution is 5.94. The lowest BCUT2D eigenvalue weighted by molar-refractivity contribution is -0.129. The summed E-state index contributed by atoms with van der Waals surface area (Å²) in [5.41, 5.74) is 1.96. The second-order valence-corrected chi connectivity index (χ2v) is 6.17. The zero-order valence-corrected chi connectivity index (χ0v) is 15.2. The maximum Gasteiger partial charge on any atom is 0.342 e. The molecule has 1 amide bonds. The van der Waals surface area contributed by atoms with Gasteiger partial charge in [-0.2, -0.15) is 0 Å². The van der Waals surface area contributed by atoms with Crippen molar-refractivity contribution in [3.05, 3.63) is 46.4 Å². The van der Waals surface area contributed by atoms with E-state index in [-0.39, 0.29) is 12.7 Å². The van der Waals surface area contributed by atoms with Crippen molar-refractivity contribution in [3.8, 4) is 11.5 Å². The molecule has 0 saturated heterocycles. The van der Waals surface area contributed by atoms with E-state index in [1.165, 1.54) is 6.92 Å². The number of nitrogens with one attached hydrogen (secondary N) is 1. The van der Waals surface area contributed by atoms with Crippen LogP contribution in [0.5, 0.6) is 11.5 Å². The Morgan fingerprint density at radius 3 is 2.58 bits per heavy atom. The first-order valence-corrected chi connectivity index (χ1v) is 8.30. The summed E-state index contributed by atoms with van der Waals surface area (Å²) >= 11 is 0. The Balaban J connectivity index is 1.57. The Morgan fingerprint density at radius 2 is 1.88 bits per heavy atom. The van der Waals surface area contributed by atoms with Crippen LogP contribution in [-0.4, -0.2) is 24.8 Å². The van der Waals surface area contributed by atoms with Crippen LogP contribution in [0.3, 0.4) is 0 Å². The third-order valence-corrected chi connectivity index (χ3v) is 4.32. The molecule has 2 aromatic rings. The fourth-order valence-corrected chi connectivity index (χ4v) is 2.75. The Morgan fingerprint density at radius 1 is 1.15 bits per heavy atom. The number of carbonyl (C=O) groups is 2. The fraction of sp³-hybridized carbons (Fsp3) is 0.368. The average Bonchev–Trinajstić information content (AvgIpc) is 3.16. The molecule has 26 heavy (non-hydrogen) atoms. The van der Waals surface area contributed by atoms with Gasteiger partial charge in [-0.1, -0.05) is 6.07 Å². The number of rotatable bonds is 5. The van der Waals surface area contributed by atoms with Crippen molar-refractivity contribution < 1.29 is 28.2 Å². The topological polar surface area (TPSA) is 87.0 Å². The minimum absolute atomic E-state index is 0.199. The number of esters is 1. The quantitative estimate of drug-likeness (QED) is 0.826. The smallest absolute Gasteiger partial charge is 0.342 e. The van der Waals surface area contributed by atoms with Gasteiger partial charge in [-0.15, -0.1) is 0 Å². The molecule has 0 bridgehead atoms. The summed E-state index contributed by atoms with van der Waals surface area (Å²) in [7, 11) is 0. The summed E-state index contributed by atoms with van der Waals surface area (Å²) < 4.78 is 21.3. The fourth-order valence-electron chi connectivity index (χ4n) is 2.75. The van der Waals surface area contributed by atoms with Gasteiger partial charge in [-0.05, 0) is 45.4 Å². The molecule has 138 valence electrons. The molecular weight excluding hydrogens is 338 g/mol. The van der Waals surface area contributed by atoms with Crippen LogP contribution in [0.1, 0.15) is 39.9 Å². The van der Waals surface area contributed by atoms with E-state index >= 15 is 0 Å². The van der Waals surface area contributed by atoms with Gasteiger partial charge in [-0.25, -0.2) is 4.79 Å². The highest BCUT2D eigenvalue weighted by Gasteiger charge is 2.24. The van der Waals surface area contributed by atoms with Gasteiger partial charge < -0.3 is 23.9 Å². The summed E-state index contributed by atoms with van der Waals surface area (Å²) in [5, 5.41) is 2.75. The maximum absolute atomic E-state index is 12.3. The number of ether oxygens (including phenoxy) is 3. The number of carbonyl (C=O) groups excluding carboxylic acids is 2. The monoisotopic (exact) mass is 359 g/mol. The van der Waals surface area contributed by atoms with Gasteiger partial charge in [0.15, 0.2) is 17.6 Å². The molecule has 1 aliphatic heterocycles. The van der Waals surface area contributed by atoms with Gasteiger partial charge in [0.25, 0.3) is 5.91 Å². The summed E-state index contributed by atoms with van der Waals surface area (Å²) in [6.07, 6.45) is -0.925. The Labute approximate surface area is 151 Å². The predicted octanol–water partition coefficient (Wildman–Crippen LogP) is 2.80. The summed E-state index contributed by atoms with van der Waals surface area (Å²) in [6.45, 7) is 7.28. The van der Waals surface area contributed by atoms with Crippen LogP contribution in [0, 0.1) is 20.8 Å². The number of benzene rings is 1. The van der Waals surface area contributed by atoms with Crippen molar-refractivity contribution in [3.63, 3.8) is 0 Å². The third-order valence-electron chi connectivity index (χ3n) is 4.32. The molecule has 1 aromatic carbocycles. The van der Waals surface area contributed by atoms with E-state index in [0.29, 0.717) is 35.1 Å². The van der Waals surface area contributed by atoms with Crippen molar-refractivity contribution in [2.75, 3.05) is 6.79 Å². The highest BCUT2D eigenvalue weighted by atomic mass is 16.7. The van der Waals surface area contributed by atoms with Crippen molar-refractivity contribution in [1.29, 1.82) is 0 Å². The zero-order valence-electron chi connectivity index (χ0n) is 15.2. The predicted molar refractivity (Wildman–Crippen MR) is 92.2 cm³/mol. The normalized spacial score (nSPS) is 13.4. The van der Waals surface area contributed by atoms with Gasteiger partial charge in [0.1, 0.15) is 17.1 Å². The van der Waals surface area contributed by atoms with E-state index in [0.717, 1.165) is 11.1 Å². The third kappa shape index (κ3) is 3.51. The average molecular weight is 359 g/mol. The molecule has 1 aromatic heterocycles.